The number of benzene rings is 1. The van der Waals surface area contributed by atoms with Crippen molar-refractivity contribution in [2.24, 2.45) is 7.05 Å². The Morgan fingerprint density at radius 1 is 0.759 bits per heavy atom. The molecule has 142 valence electrons. The molecule has 0 amide bonds. The zero-order chi connectivity index (χ0) is 19.8. The fourth-order valence-electron chi connectivity index (χ4n) is 3.57. The van der Waals surface area contributed by atoms with Crippen LogP contribution in [-0.2, 0) is 7.05 Å². The highest BCUT2D eigenvalue weighted by molar-refractivity contribution is 5.87. The predicted octanol–water partition coefficient (Wildman–Crippen LogP) is 4.47. The van der Waals surface area contributed by atoms with Crippen molar-refractivity contribution in [3.8, 4) is 39.1 Å². The van der Waals surface area contributed by atoms with Crippen molar-refractivity contribution < 1.29 is 4.74 Å². The summed E-state index contributed by atoms with van der Waals surface area (Å²) in [5.41, 5.74) is 7.38. The number of aryl methyl sites for hydroxylation is 1. The van der Waals surface area contributed by atoms with Gasteiger partial charge in [-0.2, -0.15) is 10.2 Å². The second-order valence-corrected chi connectivity index (χ2v) is 6.86. The number of nitrogens with zero attached hydrogens (tertiary/aromatic N) is 5. The van der Waals surface area contributed by atoms with E-state index in [9.17, 15) is 0 Å². The molecule has 0 saturated heterocycles. The van der Waals surface area contributed by atoms with E-state index in [0.717, 1.165) is 44.6 Å². The average molecular weight is 381 g/mol. The summed E-state index contributed by atoms with van der Waals surface area (Å²) < 4.78 is 9.37. The molecule has 29 heavy (non-hydrogen) atoms. The maximum absolute atomic E-state index is 5.71. The van der Waals surface area contributed by atoms with Crippen LogP contribution in [0.3, 0.4) is 0 Å². The van der Waals surface area contributed by atoms with Gasteiger partial charge in [-0.25, -0.2) is 4.52 Å². The Balaban J connectivity index is 1.59. The summed E-state index contributed by atoms with van der Waals surface area (Å²) in [5, 5.41) is 8.84. The number of hydrogen-bond acceptors (Lipinski definition) is 4. The van der Waals surface area contributed by atoms with E-state index in [4.69, 9.17) is 4.74 Å². The summed E-state index contributed by atoms with van der Waals surface area (Å²) in [6.45, 7) is 0. The minimum absolute atomic E-state index is 0.775. The van der Waals surface area contributed by atoms with Gasteiger partial charge in [-0.3, -0.25) is 9.67 Å². The Bertz CT molecular complexity index is 1290. The van der Waals surface area contributed by atoms with Gasteiger partial charge in [-0.1, -0.05) is 24.3 Å². The molecule has 0 fully saturated rings. The van der Waals surface area contributed by atoms with Crippen molar-refractivity contribution in [3.05, 3.63) is 79.6 Å². The van der Waals surface area contributed by atoms with Crippen molar-refractivity contribution in [1.29, 1.82) is 0 Å². The molecule has 0 aliphatic carbocycles. The minimum atomic E-state index is 0.775. The summed E-state index contributed by atoms with van der Waals surface area (Å²) in [5.74, 6) is 0.775. The van der Waals surface area contributed by atoms with Crippen LogP contribution in [0.4, 0.5) is 0 Å². The third-order valence-corrected chi connectivity index (χ3v) is 5.04. The Hall–Kier alpha value is -3.93. The molecule has 5 aromatic rings. The Morgan fingerprint density at radius 2 is 1.48 bits per heavy atom. The van der Waals surface area contributed by atoms with Crippen molar-refractivity contribution in [1.82, 2.24) is 24.4 Å². The molecule has 0 saturated carbocycles. The number of aromatic nitrogens is 5. The molecule has 5 rings (SSSR count). The van der Waals surface area contributed by atoms with Gasteiger partial charge in [-0.15, -0.1) is 0 Å². The molecule has 0 radical (unpaired) electrons. The van der Waals surface area contributed by atoms with E-state index in [1.165, 1.54) is 0 Å². The molecule has 0 aliphatic rings. The Morgan fingerprint density at radius 3 is 2.17 bits per heavy atom. The number of rotatable bonds is 4. The molecule has 6 heteroatoms. The first kappa shape index (κ1) is 17.2. The van der Waals surface area contributed by atoms with Gasteiger partial charge < -0.3 is 4.74 Å². The van der Waals surface area contributed by atoms with Crippen LogP contribution in [0.5, 0.6) is 5.75 Å². The van der Waals surface area contributed by atoms with Crippen molar-refractivity contribution in [2.45, 2.75) is 0 Å². The normalized spacial score (nSPS) is 11.1. The van der Waals surface area contributed by atoms with E-state index in [-0.39, 0.29) is 0 Å². The highest BCUT2D eigenvalue weighted by Crippen LogP contribution is 2.35. The maximum atomic E-state index is 5.71. The van der Waals surface area contributed by atoms with E-state index in [1.807, 2.05) is 54.5 Å². The van der Waals surface area contributed by atoms with Crippen LogP contribution in [0.2, 0.25) is 0 Å². The number of methoxy groups -OCH3 is 1. The molecule has 0 atom stereocenters. The van der Waals surface area contributed by atoms with Gasteiger partial charge >= 0.3 is 0 Å². The Labute approximate surface area is 168 Å². The van der Waals surface area contributed by atoms with Gasteiger partial charge in [0.2, 0.25) is 0 Å². The number of hydrogen-bond donors (Lipinski definition) is 0. The zero-order valence-corrected chi connectivity index (χ0v) is 16.1. The monoisotopic (exact) mass is 381 g/mol. The molecule has 1 aromatic carbocycles. The smallest absolute Gasteiger partial charge is 0.145 e. The molecule has 4 heterocycles. The number of ether oxygens (including phenoxy) is 1. The van der Waals surface area contributed by atoms with E-state index in [2.05, 4.69) is 39.4 Å². The molecule has 0 bridgehead atoms. The van der Waals surface area contributed by atoms with Gasteiger partial charge in [0, 0.05) is 48.5 Å². The third-order valence-electron chi connectivity index (χ3n) is 5.04. The largest absolute Gasteiger partial charge is 0.494 e. The Kier molecular flexibility index (Phi) is 4.09. The topological polar surface area (TPSA) is 57.2 Å². The predicted molar refractivity (Wildman–Crippen MR) is 113 cm³/mol. The second kappa shape index (κ2) is 6.91. The summed E-state index contributed by atoms with van der Waals surface area (Å²) in [4.78, 5) is 4.08. The van der Waals surface area contributed by atoms with Crippen LogP contribution in [0, 0.1) is 0 Å². The standard InChI is InChI=1S/C23H19N5O/c1-27-14-20(12-25-27)19-11-22(29-2)23-21(13-26-28(23)15-19)18-5-3-16(4-6-18)17-7-9-24-10-8-17/h3-15H,1-2H3. The SMILES string of the molecule is COc1cc(-c2cnn(C)c2)cn2ncc(-c3ccc(-c4ccncc4)cc3)c12. The fraction of sp³-hybridized carbons (Fsp3) is 0.0870. The van der Waals surface area contributed by atoms with Crippen LogP contribution < -0.4 is 4.74 Å². The lowest BCUT2D eigenvalue weighted by Gasteiger charge is -2.09. The minimum Gasteiger partial charge on any atom is -0.494 e. The molecule has 4 aromatic heterocycles. The fourth-order valence-corrected chi connectivity index (χ4v) is 3.57. The molecule has 6 nitrogen and oxygen atoms in total. The third kappa shape index (κ3) is 3.04. The van der Waals surface area contributed by atoms with Crippen LogP contribution in [0.1, 0.15) is 0 Å². The van der Waals surface area contributed by atoms with Crippen LogP contribution >= 0.6 is 0 Å². The van der Waals surface area contributed by atoms with Gasteiger partial charge in [0.15, 0.2) is 0 Å². The van der Waals surface area contributed by atoms with Crippen molar-refractivity contribution >= 4 is 5.52 Å². The van der Waals surface area contributed by atoms with E-state index in [1.54, 1.807) is 24.2 Å². The zero-order valence-electron chi connectivity index (χ0n) is 16.1. The quantitative estimate of drug-likeness (QED) is 0.461. The van der Waals surface area contributed by atoms with Gasteiger partial charge in [0.05, 0.1) is 19.5 Å². The molecule has 0 aliphatic heterocycles. The van der Waals surface area contributed by atoms with Crippen LogP contribution in [-0.4, -0.2) is 31.5 Å². The lowest BCUT2D eigenvalue weighted by Crippen LogP contribution is -1.94. The summed E-state index contributed by atoms with van der Waals surface area (Å²) in [7, 11) is 3.59. The molecular weight excluding hydrogens is 362 g/mol. The molecule has 0 N–H and O–H groups in total. The van der Waals surface area contributed by atoms with Crippen LogP contribution in [0.25, 0.3) is 38.9 Å². The molecule has 0 spiro atoms. The first-order valence-corrected chi connectivity index (χ1v) is 9.28. The number of fused-ring (bicyclic) bond motifs is 1. The summed E-state index contributed by atoms with van der Waals surface area (Å²) in [6, 6.07) is 14.5. The van der Waals surface area contributed by atoms with Crippen molar-refractivity contribution in [2.75, 3.05) is 7.11 Å². The van der Waals surface area contributed by atoms with Crippen LogP contribution in [0.15, 0.2) is 79.6 Å². The second-order valence-electron chi connectivity index (χ2n) is 6.86. The molecule has 0 unspecified atom stereocenters. The van der Waals surface area contributed by atoms with E-state index in [0.29, 0.717) is 0 Å². The summed E-state index contributed by atoms with van der Waals surface area (Å²) in [6.07, 6.45) is 11.3. The summed E-state index contributed by atoms with van der Waals surface area (Å²) >= 11 is 0. The highest BCUT2D eigenvalue weighted by atomic mass is 16.5. The maximum Gasteiger partial charge on any atom is 0.145 e. The lowest BCUT2D eigenvalue weighted by atomic mass is 10.0. The first-order valence-electron chi connectivity index (χ1n) is 9.28. The lowest BCUT2D eigenvalue weighted by molar-refractivity contribution is 0.418. The molecular formula is C23H19N5O. The van der Waals surface area contributed by atoms with Gasteiger partial charge in [-0.05, 0) is 34.9 Å². The van der Waals surface area contributed by atoms with E-state index < -0.39 is 0 Å². The van der Waals surface area contributed by atoms with Gasteiger partial charge in [0.25, 0.3) is 0 Å². The van der Waals surface area contributed by atoms with Crippen molar-refractivity contribution in [3.63, 3.8) is 0 Å². The average Bonchev–Trinajstić information content (AvgIpc) is 3.40. The first-order chi connectivity index (χ1) is 14.2. The van der Waals surface area contributed by atoms with Gasteiger partial charge in [0.1, 0.15) is 11.3 Å². The van der Waals surface area contributed by atoms with E-state index >= 15 is 0 Å². The number of pyridine rings is 2. The highest BCUT2D eigenvalue weighted by Gasteiger charge is 2.15.